The lowest BCUT2D eigenvalue weighted by molar-refractivity contribution is 0.0482. The van der Waals surface area contributed by atoms with Crippen molar-refractivity contribution in [3.63, 3.8) is 0 Å². The van der Waals surface area contributed by atoms with Crippen LogP contribution in [0, 0.1) is 0 Å². The lowest BCUT2D eigenvalue weighted by Crippen LogP contribution is -2.13. The summed E-state index contributed by atoms with van der Waals surface area (Å²) < 4.78 is 10.6. The maximum absolute atomic E-state index is 12.2. The van der Waals surface area contributed by atoms with Gasteiger partial charge in [0.05, 0.1) is 13.2 Å². The Balaban J connectivity index is 2.10. The Hall–Kier alpha value is -1.91. The van der Waals surface area contributed by atoms with Crippen LogP contribution in [0.2, 0.25) is 0 Å². The fourth-order valence-corrected chi connectivity index (χ4v) is 3.79. The number of rotatable bonds is 21. The molecule has 33 heavy (non-hydrogen) atoms. The number of aromatic nitrogens is 1. The molecule has 0 aliphatic carbocycles. The van der Waals surface area contributed by atoms with Crippen molar-refractivity contribution >= 4 is 11.9 Å². The molecule has 5 nitrogen and oxygen atoms in total. The Morgan fingerprint density at radius 3 is 1.27 bits per heavy atom. The van der Waals surface area contributed by atoms with Gasteiger partial charge in [0.1, 0.15) is 11.4 Å². The van der Waals surface area contributed by atoms with Gasteiger partial charge in [-0.05, 0) is 25.0 Å². The summed E-state index contributed by atoms with van der Waals surface area (Å²) in [5, 5.41) is 0. The van der Waals surface area contributed by atoms with Crippen molar-refractivity contribution < 1.29 is 19.1 Å². The molecule has 0 radical (unpaired) electrons. The minimum absolute atomic E-state index is 0.156. The maximum atomic E-state index is 12.2. The molecule has 0 aliphatic heterocycles. The van der Waals surface area contributed by atoms with E-state index in [-0.39, 0.29) is 11.4 Å². The quantitative estimate of drug-likeness (QED) is 0.137. The van der Waals surface area contributed by atoms with Gasteiger partial charge < -0.3 is 9.47 Å². The smallest absolute Gasteiger partial charge is 0.356 e. The molecule has 0 aromatic carbocycles. The highest BCUT2D eigenvalue weighted by molar-refractivity contribution is 5.91. The molecule has 0 bridgehead atoms. The number of carbonyl (C=O) groups excluding carboxylic acids is 2. The number of hydrogen-bond acceptors (Lipinski definition) is 5. The Kier molecular flexibility index (Phi) is 18.2. The summed E-state index contributed by atoms with van der Waals surface area (Å²) in [6, 6.07) is 4.79. The molecule has 0 fully saturated rings. The Morgan fingerprint density at radius 2 is 0.909 bits per heavy atom. The highest BCUT2D eigenvalue weighted by Gasteiger charge is 2.14. The van der Waals surface area contributed by atoms with Crippen molar-refractivity contribution in [3.8, 4) is 0 Å². The summed E-state index contributed by atoms with van der Waals surface area (Å²) in [5.74, 6) is -0.964. The fourth-order valence-electron chi connectivity index (χ4n) is 3.79. The van der Waals surface area contributed by atoms with Crippen LogP contribution in [0.4, 0.5) is 0 Å². The van der Waals surface area contributed by atoms with Crippen LogP contribution >= 0.6 is 0 Å². The molecule has 1 heterocycles. The first-order valence-corrected chi connectivity index (χ1v) is 13.5. The maximum Gasteiger partial charge on any atom is 0.356 e. The van der Waals surface area contributed by atoms with Crippen molar-refractivity contribution in [1.29, 1.82) is 0 Å². The van der Waals surface area contributed by atoms with E-state index in [1.807, 2.05) is 0 Å². The fraction of sp³-hybridized carbons (Fsp3) is 0.750. The number of pyridine rings is 1. The van der Waals surface area contributed by atoms with E-state index in [9.17, 15) is 9.59 Å². The molecule has 1 rings (SSSR count). The lowest BCUT2D eigenvalue weighted by Gasteiger charge is -2.07. The Labute approximate surface area is 202 Å². The Morgan fingerprint density at radius 1 is 0.576 bits per heavy atom. The van der Waals surface area contributed by atoms with Crippen LogP contribution in [0.1, 0.15) is 144 Å². The third-order valence-electron chi connectivity index (χ3n) is 5.88. The largest absolute Gasteiger partial charge is 0.461 e. The van der Waals surface area contributed by atoms with Gasteiger partial charge in [-0.15, -0.1) is 0 Å². The molecule has 1 aromatic heterocycles. The molecule has 0 atom stereocenters. The molecule has 0 saturated carbocycles. The zero-order valence-electron chi connectivity index (χ0n) is 21.2. The first kappa shape index (κ1) is 29.1. The van der Waals surface area contributed by atoms with Gasteiger partial charge in [-0.25, -0.2) is 14.6 Å². The first-order chi connectivity index (χ1) is 16.2. The molecular formula is C28H47NO4. The molecule has 5 heteroatoms. The minimum Gasteiger partial charge on any atom is -0.461 e. The van der Waals surface area contributed by atoms with Crippen molar-refractivity contribution in [2.45, 2.75) is 123 Å². The summed E-state index contributed by atoms with van der Waals surface area (Å²) in [6.45, 7) is 5.20. The topological polar surface area (TPSA) is 65.5 Å². The highest BCUT2D eigenvalue weighted by atomic mass is 16.5. The highest BCUT2D eigenvalue weighted by Crippen LogP contribution is 2.12. The predicted molar refractivity (Wildman–Crippen MR) is 135 cm³/mol. The van der Waals surface area contributed by atoms with E-state index in [2.05, 4.69) is 18.8 Å². The van der Waals surface area contributed by atoms with Gasteiger partial charge in [0.25, 0.3) is 0 Å². The van der Waals surface area contributed by atoms with Crippen LogP contribution in [0.5, 0.6) is 0 Å². The average Bonchev–Trinajstić information content (AvgIpc) is 2.84. The Bertz CT molecular complexity index is 632. The van der Waals surface area contributed by atoms with Gasteiger partial charge in [0, 0.05) is 0 Å². The number of esters is 2. The number of carbonyl (C=O) groups is 2. The third-order valence-corrected chi connectivity index (χ3v) is 5.88. The molecule has 1 aromatic rings. The van der Waals surface area contributed by atoms with E-state index < -0.39 is 11.9 Å². The summed E-state index contributed by atoms with van der Waals surface area (Å²) in [4.78, 5) is 28.5. The number of hydrogen-bond donors (Lipinski definition) is 0. The number of unbranched alkanes of at least 4 members (excludes halogenated alkanes) is 15. The predicted octanol–water partition coefficient (Wildman–Crippen LogP) is 8.07. The van der Waals surface area contributed by atoms with Crippen LogP contribution < -0.4 is 0 Å². The third kappa shape index (κ3) is 15.5. The summed E-state index contributed by atoms with van der Waals surface area (Å²) in [7, 11) is 0. The van der Waals surface area contributed by atoms with Crippen LogP contribution in [0.25, 0.3) is 0 Å². The van der Waals surface area contributed by atoms with E-state index in [0.29, 0.717) is 13.2 Å². The molecule has 188 valence electrons. The van der Waals surface area contributed by atoms with Crippen molar-refractivity contribution in [2.75, 3.05) is 13.2 Å². The second-order valence-corrected chi connectivity index (χ2v) is 8.98. The van der Waals surface area contributed by atoms with Gasteiger partial charge in [0.2, 0.25) is 0 Å². The van der Waals surface area contributed by atoms with Gasteiger partial charge in [-0.3, -0.25) is 0 Å². The second-order valence-electron chi connectivity index (χ2n) is 8.98. The van der Waals surface area contributed by atoms with Crippen LogP contribution in [0.3, 0.4) is 0 Å². The van der Waals surface area contributed by atoms with E-state index in [1.165, 1.54) is 77.0 Å². The van der Waals surface area contributed by atoms with Crippen LogP contribution in [0.15, 0.2) is 18.2 Å². The molecule has 0 aliphatic rings. The normalized spacial score (nSPS) is 10.8. The molecule has 0 N–H and O–H groups in total. The zero-order chi connectivity index (χ0) is 24.0. The van der Waals surface area contributed by atoms with E-state index >= 15 is 0 Å². The lowest BCUT2D eigenvalue weighted by atomic mass is 10.1. The van der Waals surface area contributed by atoms with Gasteiger partial charge >= 0.3 is 11.9 Å². The van der Waals surface area contributed by atoms with Gasteiger partial charge in [-0.1, -0.05) is 116 Å². The summed E-state index contributed by atoms with van der Waals surface area (Å²) >= 11 is 0. The molecule has 0 saturated heterocycles. The van der Waals surface area contributed by atoms with E-state index in [0.717, 1.165) is 32.1 Å². The van der Waals surface area contributed by atoms with Gasteiger partial charge in [0.15, 0.2) is 0 Å². The standard InChI is InChI=1S/C28H47NO4/c1-3-5-7-9-10-11-12-13-14-15-17-19-24-33-28(31)26-22-20-21-25(29-26)27(30)32-23-18-16-8-6-4-2/h20-22H,3-19,23-24H2,1-2H3. The molecule has 0 spiro atoms. The molecule has 0 amide bonds. The van der Waals surface area contributed by atoms with Crippen molar-refractivity contribution in [1.82, 2.24) is 4.98 Å². The second kappa shape index (κ2) is 20.7. The van der Waals surface area contributed by atoms with Crippen LogP contribution in [-0.4, -0.2) is 30.1 Å². The summed E-state index contributed by atoms with van der Waals surface area (Å²) in [6.07, 6.45) is 20.7. The average molecular weight is 462 g/mol. The van der Waals surface area contributed by atoms with E-state index in [4.69, 9.17) is 9.47 Å². The number of nitrogens with zero attached hydrogens (tertiary/aromatic N) is 1. The van der Waals surface area contributed by atoms with Crippen LogP contribution in [-0.2, 0) is 9.47 Å². The van der Waals surface area contributed by atoms with Gasteiger partial charge in [-0.2, -0.15) is 0 Å². The molecule has 0 unspecified atom stereocenters. The summed E-state index contributed by atoms with van der Waals surface area (Å²) in [5.41, 5.74) is 0.315. The molecular weight excluding hydrogens is 414 g/mol. The number of ether oxygens (including phenoxy) is 2. The SMILES string of the molecule is CCCCCCCCCCCCCCOC(=O)c1cccc(C(=O)OCCCCCCC)n1. The first-order valence-electron chi connectivity index (χ1n) is 13.5. The monoisotopic (exact) mass is 461 g/mol. The van der Waals surface area contributed by atoms with Crippen molar-refractivity contribution in [2.24, 2.45) is 0 Å². The van der Waals surface area contributed by atoms with E-state index in [1.54, 1.807) is 18.2 Å². The minimum atomic E-state index is -0.485. The van der Waals surface area contributed by atoms with Crippen molar-refractivity contribution in [3.05, 3.63) is 29.6 Å². The zero-order valence-corrected chi connectivity index (χ0v) is 21.2.